The van der Waals surface area contributed by atoms with Gasteiger partial charge in [-0.2, -0.15) is 5.10 Å². The third-order valence-electron chi connectivity index (χ3n) is 5.72. The van der Waals surface area contributed by atoms with Gasteiger partial charge in [0.2, 0.25) is 5.91 Å². The number of rotatable bonds is 4. The topological polar surface area (TPSA) is 67.2 Å². The van der Waals surface area contributed by atoms with Gasteiger partial charge in [-0.3, -0.25) is 9.59 Å². The molecule has 1 saturated heterocycles. The molecule has 1 aliphatic carbocycles. The largest absolute Gasteiger partial charge is 0.355 e. The SMILES string of the molecule is CC1CCN(c2ccc(=O)n(CC(=O)NC3CCCCCCC3)n2)CC1. The maximum absolute atomic E-state index is 12.4. The molecule has 1 amide bonds. The Kier molecular flexibility index (Phi) is 6.69. The number of nitrogens with one attached hydrogen (secondary N) is 1. The van der Waals surface area contributed by atoms with Crippen LogP contribution in [0, 0.1) is 5.92 Å². The predicted molar refractivity (Wildman–Crippen MR) is 103 cm³/mol. The molecule has 0 bridgehead atoms. The first kappa shape index (κ1) is 18.9. The average Bonchev–Trinajstić information content (AvgIpc) is 2.60. The van der Waals surface area contributed by atoms with E-state index in [1.165, 1.54) is 42.9 Å². The van der Waals surface area contributed by atoms with Crippen molar-refractivity contribution in [1.82, 2.24) is 15.1 Å². The number of piperidine rings is 1. The highest BCUT2D eigenvalue weighted by molar-refractivity contribution is 5.75. The van der Waals surface area contributed by atoms with Crippen LogP contribution >= 0.6 is 0 Å². The van der Waals surface area contributed by atoms with Gasteiger partial charge in [0.1, 0.15) is 12.4 Å². The first-order valence-corrected chi connectivity index (χ1v) is 10.2. The maximum atomic E-state index is 12.4. The van der Waals surface area contributed by atoms with Gasteiger partial charge in [-0.15, -0.1) is 0 Å². The molecule has 2 heterocycles. The van der Waals surface area contributed by atoms with Gasteiger partial charge in [-0.1, -0.05) is 39.0 Å². The molecule has 0 atom stereocenters. The molecule has 2 aliphatic rings. The number of aromatic nitrogens is 2. The molecule has 1 saturated carbocycles. The van der Waals surface area contributed by atoms with Crippen molar-refractivity contribution in [2.75, 3.05) is 18.0 Å². The summed E-state index contributed by atoms with van der Waals surface area (Å²) in [7, 11) is 0. The monoisotopic (exact) mass is 360 g/mol. The fraction of sp³-hybridized carbons (Fsp3) is 0.750. The molecule has 2 fully saturated rings. The molecule has 1 aromatic rings. The summed E-state index contributed by atoms with van der Waals surface area (Å²) in [5.74, 6) is 1.44. The number of hydrogen-bond acceptors (Lipinski definition) is 4. The van der Waals surface area contributed by atoms with Gasteiger partial charge >= 0.3 is 0 Å². The molecular weight excluding hydrogens is 328 g/mol. The number of carbonyl (C=O) groups excluding carboxylic acids is 1. The molecule has 1 N–H and O–H groups in total. The van der Waals surface area contributed by atoms with Gasteiger partial charge in [0.15, 0.2) is 0 Å². The number of nitrogens with zero attached hydrogens (tertiary/aromatic N) is 3. The van der Waals surface area contributed by atoms with Crippen molar-refractivity contribution in [2.45, 2.75) is 77.3 Å². The minimum atomic E-state index is -0.216. The number of carbonyl (C=O) groups is 1. The Labute approximate surface area is 156 Å². The average molecular weight is 361 g/mol. The zero-order valence-corrected chi connectivity index (χ0v) is 16.0. The van der Waals surface area contributed by atoms with Crippen LogP contribution in [0.5, 0.6) is 0 Å². The van der Waals surface area contributed by atoms with E-state index in [0.29, 0.717) is 0 Å². The Morgan fingerprint density at radius 1 is 1.08 bits per heavy atom. The minimum Gasteiger partial charge on any atom is -0.355 e. The van der Waals surface area contributed by atoms with Crippen molar-refractivity contribution in [2.24, 2.45) is 5.92 Å². The standard InChI is InChI=1S/C20H32N4O2/c1-16-11-13-23(14-12-16)18-9-10-20(26)24(22-18)15-19(25)21-17-7-5-3-2-4-6-8-17/h9-10,16-17H,2-8,11-15H2,1H3,(H,21,25). The number of anilines is 1. The van der Waals surface area contributed by atoms with Gasteiger partial charge in [-0.05, 0) is 37.7 Å². The lowest BCUT2D eigenvalue weighted by atomic mass is 9.97. The van der Waals surface area contributed by atoms with Crippen molar-refractivity contribution >= 4 is 11.7 Å². The molecule has 0 spiro atoms. The highest BCUT2D eigenvalue weighted by atomic mass is 16.2. The summed E-state index contributed by atoms with van der Waals surface area (Å²) in [6.07, 6.45) is 10.5. The van der Waals surface area contributed by atoms with Crippen LogP contribution in [0.3, 0.4) is 0 Å². The lowest BCUT2D eigenvalue weighted by molar-refractivity contribution is -0.122. The van der Waals surface area contributed by atoms with E-state index in [4.69, 9.17) is 0 Å². The first-order valence-electron chi connectivity index (χ1n) is 10.2. The van der Waals surface area contributed by atoms with Gasteiger partial charge in [0.25, 0.3) is 5.56 Å². The molecule has 0 aromatic carbocycles. The van der Waals surface area contributed by atoms with Crippen molar-refractivity contribution in [3.05, 3.63) is 22.5 Å². The number of hydrogen-bond donors (Lipinski definition) is 1. The fourth-order valence-corrected chi connectivity index (χ4v) is 3.97. The van der Waals surface area contributed by atoms with Crippen LogP contribution in [0.15, 0.2) is 16.9 Å². The lowest BCUT2D eigenvalue weighted by Crippen LogP contribution is -2.40. The molecular formula is C20H32N4O2. The normalized spacial score (nSPS) is 20.4. The van der Waals surface area contributed by atoms with Crippen LogP contribution in [0.4, 0.5) is 5.82 Å². The summed E-state index contributed by atoms with van der Waals surface area (Å²) >= 11 is 0. The lowest BCUT2D eigenvalue weighted by Gasteiger charge is -2.31. The van der Waals surface area contributed by atoms with Gasteiger partial charge in [0.05, 0.1) is 0 Å². The molecule has 6 heteroatoms. The van der Waals surface area contributed by atoms with Crippen LogP contribution in [-0.4, -0.2) is 34.8 Å². The van der Waals surface area contributed by atoms with Gasteiger partial charge in [-0.25, -0.2) is 4.68 Å². The van der Waals surface area contributed by atoms with E-state index in [1.54, 1.807) is 6.07 Å². The van der Waals surface area contributed by atoms with Crippen molar-refractivity contribution in [3.8, 4) is 0 Å². The summed E-state index contributed by atoms with van der Waals surface area (Å²) in [5, 5.41) is 7.57. The Balaban J connectivity index is 1.60. The van der Waals surface area contributed by atoms with Crippen LogP contribution in [0.25, 0.3) is 0 Å². The maximum Gasteiger partial charge on any atom is 0.267 e. The molecule has 6 nitrogen and oxygen atoms in total. The van der Waals surface area contributed by atoms with E-state index in [0.717, 1.165) is 50.5 Å². The van der Waals surface area contributed by atoms with E-state index < -0.39 is 0 Å². The smallest absolute Gasteiger partial charge is 0.267 e. The summed E-state index contributed by atoms with van der Waals surface area (Å²) in [6.45, 7) is 4.19. The van der Waals surface area contributed by atoms with E-state index in [9.17, 15) is 9.59 Å². The highest BCUT2D eigenvalue weighted by Crippen LogP contribution is 2.20. The Hall–Kier alpha value is -1.85. The van der Waals surface area contributed by atoms with E-state index in [1.807, 2.05) is 0 Å². The molecule has 26 heavy (non-hydrogen) atoms. The summed E-state index contributed by atoms with van der Waals surface area (Å²) in [6, 6.07) is 3.55. The summed E-state index contributed by atoms with van der Waals surface area (Å²) in [5.41, 5.74) is -0.216. The second kappa shape index (κ2) is 9.19. The molecule has 144 valence electrons. The Morgan fingerprint density at radius 3 is 2.42 bits per heavy atom. The number of amides is 1. The van der Waals surface area contributed by atoms with Crippen molar-refractivity contribution < 1.29 is 4.79 Å². The fourth-order valence-electron chi connectivity index (χ4n) is 3.97. The molecule has 1 aromatic heterocycles. The Morgan fingerprint density at radius 2 is 1.73 bits per heavy atom. The quantitative estimate of drug-likeness (QED) is 0.896. The van der Waals surface area contributed by atoms with E-state index >= 15 is 0 Å². The van der Waals surface area contributed by atoms with Crippen LogP contribution < -0.4 is 15.8 Å². The minimum absolute atomic E-state index is 0.00736. The third kappa shape index (κ3) is 5.32. The van der Waals surface area contributed by atoms with Crippen LogP contribution in [0.1, 0.15) is 64.7 Å². The zero-order chi connectivity index (χ0) is 18.4. The van der Waals surface area contributed by atoms with E-state index in [2.05, 4.69) is 22.2 Å². The Bertz CT molecular complexity index is 641. The third-order valence-corrected chi connectivity index (χ3v) is 5.72. The molecule has 1 aliphatic heterocycles. The van der Waals surface area contributed by atoms with Crippen LogP contribution in [-0.2, 0) is 11.3 Å². The summed E-state index contributed by atoms with van der Waals surface area (Å²) in [4.78, 5) is 26.8. The zero-order valence-electron chi connectivity index (χ0n) is 16.0. The molecule has 0 radical (unpaired) electrons. The summed E-state index contributed by atoms with van der Waals surface area (Å²) < 4.78 is 1.31. The van der Waals surface area contributed by atoms with Crippen molar-refractivity contribution in [1.29, 1.82) is 0 Å². The van der Waals surface area contributed by atoms with Crippen molar-refractivity contribution in [3.63, 3.8) is 0 Å². The molecule has 3 rings (SSSR count). The first-order chi connectivity index (χ1) is 12.6. The van der Waals surface area contributed by atoms with Gasteiger partial charge < -0.3 is 10.2 Å². The van der Waals surface area contributed by atoms with E-state index in [-0.39, 0.29) is 24.1 Å². The second-order valence-electron chi connectivity index (χ2n) is 7.97. The highest BCUT2D eigenvalue weighted by Gasteiger charge is 2.19. The molecule has 0 unspecified atom stereocenters. The second-order valence-corrected chi connectivity index (χ2v) is 7.97. The van der Waals surface area contributed by atoms with Crippen LogP contribution in [0.2, 0.25) is 0 Å². The van der Waals surface area contributed by atoms with Gasteiger partial charge in [0, 0.05) is 25.2 Å². The predicted octanol–water partition coefficient (Wildman–Crippen LogP) is 2.71.